The molecule has 2 fully saturated rings. The fraction of sp³-hybridized carbons (Fsp3) is 0.476. The predicted octanol–water partition coefficient (Wildman–Crippen LogP) is 3.18. The van der Waals surface area contributed by atoms with Crippen molar-refractivity contribution in [3.8, 4) is 0 Å². The highest BCUT2D eigenvalue weighted by Crippen LogP contribution is 2.39. The fourth-order valence-corrected chi connectivity index (χ4v) is 5.10. The first-order valence-electron chi connectivity index (χ1n) is 9.63. The monoisotopic (exact) mass is 383 g/mol. The molecule has 2 amide bonds. The number of piperidine rings is 1. The Morgan fingerprint density at radius 1 is 1.19 bits per heavy atom. The molecule has 1 atom stereocenters. The molecule has 1 aromatic carbocycles. The van der Waals surface area contributed by atoms with Gasteiger partial charge in [-0.2, -0.15) is 0 Å². The van der Waals surface area contributed by atoms with E-state index in [1.807, 2.05) is 40.3 Å². The van der Waals surface area contributed by atoms with Crippen LogP contribution in [0, 0.1) is 6.92 Å². The maximum Gasteiger partial charge on any atom is 0.248 e. The largest absolute Gasteiger partial charge is 0.336 e. The molecule has 4 rings (SSSR count). The minimum atomic E-state index is -0.644. The van der Waals surface area contributed by atoms with Crippen LogP contribution in [0.15, 0.2) is 35.7 Å². The van der Waals surface area contributed by atoms with E-state index in [2.05, 4.69) is 17.1 Å². The van der Waals surface area contributed by atoms with E-state index >= 15 is 0 Å². The third-order valence-corrected chi connectivity index (χ3v) is 6.53. The molecule has 0 aliphatic carbocycles. The van der Waals surface area contributed by atoms with Gasteiger partial charge in [-0.05, 0) is 38.2 Å². The quantitative estimate of drug-likeness (QED) is 0.815. The van der Waals surface area contributed by atoms with E-state index in [-0.39, 0.29) is 18.2 Å². The Bertz CT molecular complexity index is 835. The summed E-state index contributed by atoms with van der Waals surface area (Å²) in [5, 5.41) is 2.91. The SMILES string of the molecule is Cc1nc(CC(=O)N2CCCC23CCCN(Cc2ccccc2)C3=O)cs1. The minimum Gasteiger partial charge on any atom is -0.336 e. The summed E-state index contributed by atoms with van der Waals surface area (Å²) in [6.45, 7) is 4.01. The number of aromatic nitrogens is 1. The average molecular weight is 384 g/mol. The van der Waals surface area contributed by atoms with Crippen molar-refractivity contribution in [2.24, 2.45) is 0 Å². The number of carbonyl (C=O) groups excluding carboxylic acids is 2. The number of carbonyl (C=O) groups is 2. The molecule has 2 saturated heterocycles. The first-order valence-corrected chi connectivity index (χ1v) is 10.5. The maximum atomic E-state index is 13.4. The second-order valence-corrected chi connectivity index (χ2v) is 8.59. The van der Waals surface area contributed by atoms with Crippen molar-refractivity contribution in [3.63, 3.8) is 0 Å². The van der Waals surface area contributed by atoms with Gasteiger partial charge in [0.05, 0.1) is 17.1 Å². The molecule has 2 aromatic rings. The third kappa shape index (κ3) is 3.50. The number of rotatable bonds is 4. The Morgan fingerprint density at radius 3 is 2.63 bits per heavy atom. The highest BCUT2D eigenvalue weighted by atomic mass is 32.1. The second kappa shape index (κ2) is 7.43. The van der Waals surface area contributed by atoms with Crippen LogP contribution in [0.5, 0.6) is 0 Å². The van der Waals surface area contributed by atoms with Crippen molar-refractivity contribution < 1.29 is 9.59 Å². The van der Waals surface area contributed by atoms with E-state index in [4.69, 9.17) is 0 Å². The lowest BCUT2D eigenvalue weighted by atomic mass is 9.85. The number of likely N-dealkylation sites (tertiary alicyclic amines) is 2. The van der Waals surface area contributed by atoms with Gasteiger partial charge in [-0.15, -0.1) is 11.3 Å². The van der Waals surface area contributed by atoms with Gasteiger partial charge in [0.2, 0.25) is 11.8 Å². The molecule has 0 N–H and O–H groups in total. The summed E-state index contributed by atoms with van der Waals surface area (Å²) in [5.74, 6) is 0.158. The van der Waals surface area contributed by atoms with Gasteiger partial charge in [0.25, 0.3) is 0 Å². The molecule has 27 heavy (non-hydrogen) atoms. The first-order chi connectivity index (χ1) is 13.1. The molecule has 1 aromatic heterocycles. The minimum absolute atomic E-state index is 0.0349. The fourth-order valence-electron chi connectivity index (χ4n) is 4.48. The smallest absolute Gasteiger partial charge is 0.248 e. The molecule has 0 radical (unpaired) electrons. The lowest BCUT2D eigenvalue weighted by Gasteiger charge is -2.44. The summed E-state index contributed by atoms with van der Waals surface area (Å²) in [7, 11) is 0. The maximum absolute atomic E-state index is 13.4. The Kier molecular flexibility index (Phi) is 5.00. The summed E-state index contributed by atoms with van der Waals surface area (Å²) in [6, 6.07) is 10.1. The van der Waals surface area contributed by atoms with E-state index < -0.39 is 5.54 Å². The molecule has 0 bridgehead atoms. The highest BCUT2D eigenvalue weighted by Gasteiger charge is 2.52. The van der Waals surface area contributed by atoms with E-state index in [9.17, 15) is 9.59 Å². The standard InChI is InChI=1S/C21H25N3O2S/c1-16-22-18(15-27-16)13-19(25)24-12-6-10-21(24)9-5-11-23(20(21)26)14-17-7-3-2-4-8-17/h2-4,7-8,15H,5-6,9-14H2,1H3. The van der Waals surface area contributed by atoms with E-state index in [0.29, 0.717) is 13.1 Å². The van der Waals surface area contributed by atoms with E-state index in [1.54, 1.807) is 11.3 Å². The van der Waals surface area contributed by atoms with Crippen molar-refractivity contribution in [2.75, 3.05) is 13.1 Å². The van der Waals surface area contributed by atoms with Gasteiger partial charge in [0.15, 0.2) is 0 Å². The van der Waals surface area contributed by atoms with Crippen LogP contribution in [-0.4, -0.2) is 45.2 Å². The van der Waals surface area contributed by atoms with Crippen LogP contribution >= 0.6 is 11.3 Å². The molecule has 2 aliphatic rings. The Morgan fingerprint density at radius 2 is 1.93 bits per heavy atom. The number of nitrogens with zero attached hydrogens (tertiary/aromatic N) is 3. The molecule has 5 nitrogen and oxygen atoms in total. The molecule has 1 unspecified atom stereocenters. The van der Waals surface area contributed by atoms with E-state index in [1.165, 1.54) is 0 Å². The van der Waals surface area contributed by atoms with Crippen LogP contribution < -0.4 is 0 Å². The van der Waals surface area contributed by atoms with Crippen molar-refractivity contribution >= 4 is 23.2 Å². The van der Waals surface area contributed by atoms with Gasteiger partial charge in [-0.25, -0.2) is 4.98 Å². The topological polar surface area (TPSA) is 53.5 Å². The van der Waals surface area contributed by atoms with Gasteiger partial charge in [-0.3, -0.25) is 9.59 Å². The number of benzene rings is 1. The van der Waals surface area contributed by atoms with Crippen LogP contribution in [0.3, 0.4) is 0 Å². The summed E-state index contributed by atoms with van der Waals surface area (Å²) in [4.78, 5) is 34.7. The average Bonchev–Trinajstić information content (AvgIpc) is 3.27. The van der Waals surface area contributed by atoms with Crippen LogP contribution in [-0.2, 0) is 22.6 Å². The number of thiazole rings is 1. The molecular formula is C21H25N3O2S. The van der Waals surface area contributed by atoms with Crippen molar-refractivity contribution in [3.05, 3.63) is 52.0 Å². The molecule has 0 saturated carbocycles. The number of aryl methyl sites for hydroxylation is 1. The molecule has 6 heteroatoms. The predicted molar refractivity (Wildman–Crippen MR) is 105 cm³/mol. The van der Waals surface area contributed by atoms with Crippen LogP contribution in [0.4, 0.5) is 0 Å². The van der Waals surface area contributed by atoms with Gasteiger partial charge < -0.3 is 9.80 Å². The van der Waals surface area contributed by atoms with Crippen molar-refractivity contribution in [1.82, 2.24) is 14.8 Å². The van der Waals surface area contributed by atoms with Crippen molar-refractivity contribution in [1.29, 1.82) is 0 Å². The highest BCUT2D eigenvalue weighted by molar-refractivity contribution is 7.09. The normalized spacial score (nSPS) is 22.6. The van der Waals surface area contributed by atoms with Gasteiger partial charge in [0.1, 0.15) is 5.54 Å². The summed E-state index contributed by atoms with van der Waals surface area (Å²) < 4.78 is 0. The molecular weight excluding hydrogens is 358 g/mol. The Hall–Kier alpha value is -2.21. The Balaban J connectivity index is 1.52. The first kappa shape index (κ1) is 18.2. The van der Waals surface area contributed by atoms with Gasteiger partial charge in [-0.1, -0.05) is 30.3 Å². The van der Waals surface area contributed by atoms with Crippen molar-refractivity contribution in [2.45, 2.75) is 51.1 Å². The summed E-state index contributed by atoms with van der Waals surface area (Å²) in [5.41, 5.74) is 1.31. The lowest BCUT2D eigenvalue weighted by Crippen LogP contribution is -2.61. The zero-order valence-electron chi connectivity index (χ0n) is 15.7. The zero-order valence-corrected chi connectivity index (χ0v) is 16.5. The molecule has 142 valence electrons. The molecule has 1 spiro atoms. The van der Waals surface area contributed by atoms with Crippen LogP contribution in [0.25, 0.3) is 0 Å². The number of hydrogen-bond acceptors (Lipinski definition) is 4. The van der Waals surface area contributed by atoms with Gasteiger partial charge >= 0.3 is 0 Å². The van der Waals surface area contributed by atoms with Crippen LogP contribution in [0.1, 0.15) is 41.9 Å². The van der Waals surface area contributed by atoms with Crippen LogP contribution in [0.2, 0.25) is 0 Å². The Labute approximate surface area is 164 Å². The summed E-state index contributed by atoms with van der Waals surface area (Å²) >= 11 is 1.56. The zero-order chi connectivity index (χ0) is 18.9. The molecule has 3 heterocycles. The number of hydrogen-bond donors (Lipinski definition) is 0. The van der Waals surface area contributed by atoms with Gasteiger partial charge in [0, 0.05) is 25.0 Å². The summed E-state index contributed by atoms with van der Waals surface area (Å²) in [6.07, 6.45) is 3.68. The second-order valence-electron chi connectivity index (χ2n) is 7.53. The lowest BCUT2D eigenvalue weighted by molar-refractivity contribution is -0.155. The van der Waals surface area contributed by atoms with E-state index in [0.717, 1.165) is 48.5 Å². The number of amides is 2. The molecule has 2 aliphatic heterocycles. The third-order valence-electron chi connectivity index (χ3n) is 5.71.